The number of hydrogen-bond donors (Lipinski definition) is 0. The number of fused-ring (bicyclic) bond motifs is 1. The van der Waals surface area contributed by atoms with Crippen molar-refractivity contribution < 1.29 is 4.74 Å². The Morgan fingerprint density at radius 3 is 2.62 bits per heavy atom. The van der Waals surface area contributed by atoms with Crippen LogP contribution in [0, 0.1) is 6.92 Å². The molecule has 26 heavy (non-hydrogen) atoms. The van der Waals surface area contributed by atoms with E-state index in [1.54, 1.807) is 10.9 Å². The van der Waals surface area contributed by atoms with Crippen molar-refractivity contribution in [3.63, 3.8) is 0 Å². The van der Waals surface area contributed by atoms with Gasteiger partial charge in [0.1, 0.15) is 17.1 Å². The molecule has 0 saturated heterocycles. The Morgan fingerprint density at radius 1 is 1.04 bits per heavy atom. The summed E-state index contributed by atoms with van der Waals surface area (Å²) in [4.78, 5) is 17.3. The van der Waals surface area contributed by atoms with Crippen molar-refractivity contribution >= 4 is 21.6 Å². The summed E-state index contributed by atoms with van der Waals surface area (Å²) in [7, 11) is 0. The number of aromatic nitrogens is 2. The SMILES string of the molecule is Cc1ccccc1-c1csc2c(=O)n(CCOc3ccccc3)cnc12. The number of rotatable bonds is 5. The van der Waals surface area contributed by atoms with Crippen molar-refractivity contribution in [2.24, 2.45) is 0 Å². The number of ether oxygens (including phenoxy) is 1. The standard InChI is InChI=1S/C21H18N2O2S/c1-15-7-5-6-10-17(15)18-13-26-20-19(18)22-14-23(21(20)24)11-12-25-16-8-3-2-4-9-16/h2-10,13-14H,11-12H2,1H3. The van der Waals surface area contributed by atoms with Gasteiger partial charge in [-0.15, -0.1) is 11.3 Å². The smallest absolute Gasteiger partial charge is 0.271 e. The molecule has 0 aliphatic rings. The maximum absolute atomic E-state index is 12.8. The highest BCUT2D eigenvalue weighted by atomic mass is 32.1. The first-order chi connectivity index (χ1) is 12.7. The van der Waals surface area contributed by atoms with Gasteiger partial charge in [-0.2, -0.15) is 0 Å². The first-order valence-electron chi connectivity index (χ1n) is 8.44. The lowest BCUT2D eigenvalue weighted by atomic mass is 10.0. The highest BCUT2D eigenvalue weighted by Crippen LogP contribution is 2.32. The lowest BCUT2D eigenvalue weighted by Gasteiger charge is -2.08. The molecule has 130 valence electrons. The molecule has 0 aliphatic heterocycles. The third-order valence-electron chi connectivity index (χ3n) is 4.33. The normalized spacial score (nSPS) is 11.0. The van der Waals surface area contributed by atoms with E-state index in [0.29, 0.717) is 17.9 Å². The van der Waals surface area contributed by atoms with Crippen LogP contribution in [0.3, 0.4) is 0 Å². The van der Waals surface area contributed by atoms with Gasteiger partial charge in [0, 0.05) is 10.9 Å². The molecule has 2 aromatic carbocycles. The van der Waals surface area contributed by atoms with Crippen LogP contribution in [0.25, 0.3) is 21.3 Å². The van der Waals surface area contributed by atoms with Crippen molar-refractivity contribution in [3.05, 3.63) is 82.2 Å². The Balaban J connectivity index is 1.60. The van der Waals surface area contributed by atoms with Gasteiger partial charge >= 0.3 is 0 Å². The van der Waals surface area contributed by atoms with Crippen molar-refractivity contribution in [2.75, 3.05) is 6.61 Å². The minimum absolute atomic E-state index is 0.0171. The highest BCUT2D eigenvalue weighted by molar-refractivity contribution is 7.17. The minimum atomic E-state index is -0.0171. The fourth-order valence-corrected chi connectivity index (χ4v) is 3.91. The molecule has 4 aromatic rings. The molecule has 2 aromatic heterocycles. The Kier molecular flexibility index (Phi) is 4.54. The van der Waals surface area contributed by atoms with Crippen LogP contribution in [-0.2, 0) is 6.54 Å². The first kappa shape index (κ1) is 16.5. The third kappa shape index (κ3) is 3.13. The van der Waals surface area contributed by atoms with Crippen LogP contribution in [0.5, 0.6) is 5.75 Å². The molecule has 0 atom stereocenters. The van der Waals surface area contributed by atoms with Gasteiger partial charge in [-0.3, -0.25) is 9.36 Å². The van der Waals surface area contributed by atoms with Gasteiger partial charge in [-0.25, -0.2) is 4.98 Å². The summed E-state index contributed by atoms with van der Waals surface area (Å²) in [6.07, 6.45) is 1.62. The van der Waals surface area contributed by atoms with Gasteiger partial charge in [0.25, 0.3) is 5.56 Å². The summed E-state index contributed by atoms with van der Waals surface area (Å²) in [6, 6.07) is 17.8. The Hall–Kier alpha value is -2.92. The summed E-state index contributed by atoms with van der Waals surface area (Å²) < 4.78 is 7.98. The molecule has 2 heterocycles. The molecule has 5 heteroatoms. The van der Waals surface area contributed by atoms with E-state index in [1.165, 1.54) is 16.9 Å². The minimum Gasteiger partial charge on any atom is -0.492 e. The average molecular weight is 362 g/mol. The van der Waals surface area contributed by atoms with Crippen LogP contribution < -0.4 is 10.3 Å². The van der Waals surface area contributed by atoms with Crippen LogP contribution in [0.15, 0.2) is 71.1 Å². The molecular formula is C21H18N2O2S. The van der Waals surface area contributed by atoms with Crippen molar-refractivity contribution in [3.8, 4) is 16.9 Å². The van der Waals surface area contributed by atoms with Crippen molar-refractivity contribution in [2.45, 2.75) is 13.5 Å². The zero-order chi connectivity index (χ0) is 17.9. The number of para-hydroxylation sites is 1. The average Bonchev–Trinajstić information content (AvgIpc) is 3.09. The fraction of sp³-hybridized carbons (Fsp3) is 0.143. The molecule has 0 unspecified atom stereocenters. The molecule has 4 nitrogen and oxygen atoms in total. The third-order valence-corrected chi connectivity index (χ3v) is 5.28. The van der Waals surface area contributed by atoms with Crippen LogP contribution in [0.2, 0.25) is 0 Å². The van der Waals surface area contributed by atoms with E-state index in [0.717, 1.165) is 22.4 Å². The number of aryl methyl sites for hydroxylation is 1. The zero-order valence-electron chi connectivity index (χ0n) is 14.4. The van der Waals surface area contributed by atoms with E-state index in [4.69, 9.17) is 4.74 Å². The molecule has 0 aliphatic carbocycles. The maximum atomic E-state index is 12.8. The molecule has 0 N–H and O–H groups in total. The maximum Gasteiger partial charge on any atom is 0.271 e. The second-order valence-electron chi connectivity index (χ2n) is 6.05. The second-order valence-corrected chi connectivity index (χ2v) is 6.93. The molecule has 0 spiro atoms. The van der Waals surface area contributed by atoms with Crippen LogP contribution >= 0.6 is 11.3 Å². The first-order valence-corrected chi connectivity index (χ1v) is 9.32. The van der Waals surface area contributed by atoms with E-state index in [9.17, 15) is 4.79 Å². The monoisotopic (exact) mass is 362 g/mol. The van der Waals surface area contributed by atoms with E-state index in [2.05, 4.69) is 24.0 Å². The molecule has 0 fully saturated rings. The van der Waals surface area contributed by atoms with E-state index in [-0.39, 0.29) is 5.56 Å². The highest BCUT2D eigenvalue weighted by Gasteiger charge is 2.13. The second kappa shape index (κ2) is 7.14. The van der Waals surface area contributed by atoms with E-state index >= 15 is 0 Å². The summed E-state index contributed by atoms with van der Waals surface area (Å²) in [5.41, 5.74) is 4.07. The number of benzene rings is 2. The summed E-state index contributed by atoms with van der Waals surface area (Å²) in [5, 5.41) is 2.02. The predicted octanol–water partition coefficient (Wildman–Crippen LogP) is 4.51. The van der Waals surface area contributed by atoms with Crippen LogP contribution in [0.1, 0.15) is 5.56 Å². The van der Waals surface area contributed by atoms with Gasteiger partial charge in [0.2, 0.25) is 0 Å². The number of thiophene rings is 1. The predicted molar refractivity (Wildman–Crippen MR) is 106 cm³/mol. The zero-order valence-corrected chi connectivity index (χ0v) is 15.2. The van der Waals surface area contributed by atoms with Gasteiger partial charge < -0.3 is 4.74 Å². The Morgan fingerprint density at radius 2 is 1.81 bits per heavy atom. The summed E-state index contributed by atoms with van der Waals surface area (Å²) >= 11 is 1.45. The lowest BCUT2D eigenvalue weighted by molar-refractivity contribution is 0.296. The molecule has 0 bridgehead atoms. The fourth-order valence-electron chi connectivity index (χ4n) is 2.95. The molecule has 0 amide bonds. The van der Waals surface area contributed by atoms with Crippen LogP contribution in [-0.4, -0.2) is 16.2 Å². The molecule has 0 radical (unpaired) electrons. The lowest BCUT2D eigenvalue weighted by Crippen LogP contribution is -2.22. The Labute approximate surface area is 155 Å². The van der Waals surface area contributed by atoms with E-state index in [1.807, 2.05) is 47.8 Å². The Bertz CT molecular complexity index is 1100. The van der Waals surface area contributed by atoms with E-state index < -0.39 is 0 Å². The molecule has 4 rings (SSSR count). The van der Waals surface area contributed by atoms with Gasteiger partial charge in [0.15, 0.2) is 0 Å². The molecule has 0 saturated carbocycles. The summed E-state index contributed by atoms with van der Waals surface area (Å²) in [5.74, 6) is 0.799. The number of hydrogen-bond acceptors (Lipinski definition) is 4. The van der Waals surface area contributed by atoms with Gasteiger partial charge in [-0.1, -0.05) is 42.5 Å². The van der Waals surface area contributed by atoms with Crippen molar-refractivity contribution in [1.29, 1.82) is 0 Å². The topological polar surface area (TPSA) is 44.1 Å². The molecular weight excluding hydrogens is 344 g/mol. The van der Waals surface area contributed by atoms with Crippen LogP contribution in [0.4, 0.5) is 0 Å². The van der Waals surface area contributed by atoms with Gasteiger partial charge in [0.05, 0.1) is 18.4 Å². The van der Waals surface area contributed by atoms with Crippen molar-refractivity contribution in [1.82, 2.24) is 9.55 Å². The summed E-state index contributed by atoms with van der Waals surface area (Å²) in [6.45, 7) is 2.96. The number of nitrogens with zero attached hydrogens (tertiary/aromatic N) is 2. The quantitative estimate of drug-likeness (QED) is 0.525. The largest absolute Gasteiger partial charge is 0.492 e. The van der Waals surface area contributed by atoms with Gasteiger partial charge in [-0.05, 0) is 30.2 Å².